The van der Waals surface area contributed by atoms with Gasteiger partial charge in [0.05, 0.1) is 26.0 Å². The molecule has 2 aliphatic heterocycles. The Bertz CT molecular complexity index is 622. The molecule has 3 atom stereocenters. The standard InChI is InChI=1S/C20H36N6O.HI/c1-5-21-20(22-11-16(2)26-8-9-27-15-17(26)3)25-7-6-18(14-25)10-19-12-23-24(4)13-19;/h12-13,16-18H,5-11,14-15H2,1-4H3,(H,21,22);1H. The number of aromatic nitrogens is 2. The van der Waals surface area contributed by atoms with Crippen molar-refractivity contribution in [2.24, 2.45) is 18.0 Å². The van der Waals surface area contributed by atoms with E-state index in [1.54, 1.807) is 0 Å². The molecule has 0 aliphatic carbocycles. The third-order valence-electron chi connectivity index (χ3n) is 5.69. The molecule has 0 bridgehead atoms. The number of nitrogens with one attached hydrogen (secondary N) is 1. The maximum Gasteiger partial charge on any atom is 0.193 e. The van der Waals surface area contributed by atoms with Crippen molar-refractivity contribution < 1.29 is 4.74 Å². The van der Waals surface area contributed by atoms with E-state index in [1.165, 1.54) is 12.0 Å². The summed E-state index contributed by atoms with van der Waals surface area (Å²) >= 11 is 0. The van der Waals surface area contributed by atoms with Crippen LogP contribution in [0.1, 0.15) is 32.8 Å². The molecule has 1 aromatic rings. The number of morpholine rings is 1. The summed E-state index contributed by atoms with van der Waals surface area (Å²) in [7, 11) is 1.98. The molecule has 3 unspecified atom stereocenters. The molecule has 2 fully saturated rings. The third kappa shape index (κ3) is 6.32. The molecular formula is C20H37IN6O. The van der Waals surface area contributed by atoms with E-state index in [1.807, 2.05) is 17.9 Å². The van der Waals surface area contributed by atoms with Crippen molar-refractivity contribution in [1.82, 2.24) is 24.9 Å². The number of halogens is 1. The summed E-state index contributed by atoms with van der Waals surface area (Å²) in [6.45, 7) is 13.2. The van der Waals surface area contributed by atoms with E-state index in [4.69, 9.17) is 9.73 Å². The molecule has 1 aromatic heterocycles. The van der Waals surface area contributed by atoms with Crippen molar-refractivity contribution in [3.63, 3.8) is 0 Å². The largest absolute Gasteiger partial charge is 0.379 e. The maximum absolute atomic E-state index is 5.57. The highest BCUT2D eigenvalue weighted by molar-refractivity contribution is 14.0. The topological polar surface area (TPSA) is 57.9 Å². The SMILES string of the molecule is CCNC(=NCC(C)N1CCOCC1C)N1CCC(Cc2cnn(C)c2)C1.I. The molecule has 8 heteroatoms. The van der Waals surface area contributed by atoms with Crippen LogP contribution >= 0.6 is 24.0 Å². The lowest BCUT2D eigenvalue weighted by atomic mass is 10.0. The number of nitrogens with zero attached hydrogens (tertiary/aromatic N) is 5. The van der Waals surface area contributed by atoms with Crippen LogP contribution in [-0.4, -0.2) is 83.6 Å². The summed E-state index contributed by atoms with van der Waals surface area (Å²) in [5.41, 5.74) is 1.33. The van der Waals surface area contributed by atoms with Crippen LogP contribution in [0.25, 0.3) is 0 Å². The van der Waals surface area contributed by atoms with E-state index in [9.17, 15) is 0 Å². The second kappa shape index (κ2) is 11.3. The van der Waals surface area contributed by atoms with E-state index in [-0.39, 0.29) is 24.0 Å². The minimum atomic E-state index is 0. The van der Waals surface area contributed by atoms with Crippen LogP contribution in [0.15, 0.2) is 17.4 Å². The number of hydrogen-bond donors (Lipinski definition) is 1. The van der Waals surface area contributed by atoms with Gasteiger partial charge < -0.3 is 15.0 Å². The Hall–Kier alpha value is -0.870. The Kier molecular flexibility index (Phi) is 9.49. The Labute approximate surface area is 186 Å². The first-order chi connectivity index (χ1) is 13.1. The van der Waals surface area contributed by atoms with Gasteiger partial charge >= 0.3 is 0 Å². The number of rotatable bonds is 6. The molecule has 3 heterocycles. The van der Waals surface area contributed by atoms with Gasteiger partial charge in [0.2, 0.25) is 0 Å². The third-order valence-corrected chi connectivity index (χ3v) is 5.69. The van der Waals surface area contributed by atoms with Crippen LogP contribution in [0.2, 0.25) is 0 Å². The highest BCUT2D eigenvalue weighted by Gasteiger charge is 2.27. The first-order valence-corrected chi connectivity index (χ1v) is 10.4. The van der Waals surface area contributed by atoms with Gasteiger partial charge in [0.25, 0.3) is 0 Å². The van der Waals surface area contributed by atoms with E-state index in [0.29, 0.717) is 18.0 Å². The zero-order chi connectivity index (χ0) is 19.2. The second-order valence-electron chi connectivity index (χ2n) is 8.03. The van der Waals surface area contributed by atoms with Crippen LogP contribution in [0.3, 0.4) is 0 Å². The van der Waals surface area contributed by atoms with Gasteiger partial charge in [-0.2, -0.15) is 5.10 Å². The minimum Gasteiger partial charge on any atom is -0.379 e. The van der Waals surface area contributed by atoms with Crippen molar-refractivity contribution in [3.05, 3.63) is 18.0 Å². The maximum atomic E-state index is 5.57. The average molecular weight is 504 g/mol. The van der Waals surface area contributed by atoms with Crippen molar-refractivity contribution in [2.75, 3.05) is 45.9 Å². The zero-order valence-electron chi connectivity index (χ0n) is 17.8. The van der Waals surface area contributed by atoms with Gasteiger partial charge in [0.15, 0.2) is 5.96 Å². The summed E-state index contributed by atoms with van der Waals surface area (Å²) in [4.78, 5) is 9.93. The van der Waals surface area contributed by atoms with Crippen LogP contribution in [0, 0.1) is 5.92 Å². The lowest BCUT2D eigenvalue weighted by molar-refractivity contribution is -0.0166. The average Bonchev–Trinajstić information content (AvgIpc) is 3.28. The predicted molar refractivity (Wildman–Crippen MR) is 124 cm³/mol. The van der Waals surface area contributed by atoms with Crippen molar-refractivity contribution in [1.29, 1.82) is 0 Å². The summed E-state index contributed by atoms with van der Waals surface area (Å²) in [5, 5.41) is 7.79. The summed E-state index contributed by atoms with van der Waals surface area (Å²) in [6, 6.07) is 0.911. The van der Waals surface area contributed by atoms with Gasteiger partial charge in [-0.05, 0) is 45.1 Å². The number of likely N-dealkylation sites (tertiary alicyclic amines) is 1. The number of ether oxygens (including phenoxy) is 1. The summed E-state index contributed by atoms with van der Waals surface area (Å²) in [5.74, 6) is 1.74. The normalized spacial score (nSPS) is 24.9. The van der Waals surface area contributed by atoms with Crippen LogP contribution in [0.4, 0.5) is 0 Å². The molecule has 160 valence electrons. The first-order valence-electron chi connectivity index (χ1n) is 10.4. The molecule has 7 nitrogen and oxygen atoms in total. The lowest BCUT2D eigenvalue weighted by Gasteiger charge is -2.37. The Morgan fingerprint density at radius 2 is 2.25 bits per heavy atom. The molecule has 28 heavy (non-hydrogen) atoms. The molecule has 0 spiro atoms. The van der Waals surface area contributed by atoms with Gasteiger partial charge in [-0.1, -0.05) is 0 Å². The molecule has 0 aromatic carbocycles. The quantitative estimate of drug-likeness (QED) is 0.365. The molecule has 3 rings (SSSR count). The smallest absolute Gasteiger partial charge is 0.193 e. The molecule has 0 radical (unpaired) electrons. The fourth-order valence-corrected chi connectivity index (χ4v) is 4.25. The summed E-state index contributed by atoms with van der Waals surface area (Å²) < 4.78 is 7.46. The van der Waals surface area contributed by atoms with E-state index in [0.717, 1.165) is 58.3 Å². The monoisotopic (exact) mass is 504 g/mol. The number of hydrogen-bond acceptors (Lipinski definition) is 4. The Morgan fingerprint density at radius 3 is 2.93 bits per heavy atom. The van der Waals surface area contributed by atoms with Gasteiger partial charge in [0.1, 0.15) is 0 Å². The number of aliphatic imine (C=N–C) groups is 1. The Balaban J connectivity index is 0.00000280. The summed E-state index contributed by atoms with van der Waals surface area (Å²) in [6.07, 6.45) is 6.45. The van der Waals surface area contributed by atoms with Gasteiger partial charge in [-0.15, -0.1) is 24.0 Å². The van der Waals surface area contributed by atoms with E-state index < -0.39 is 0 Å². The van der Waals surface area contributed by atoms with Crippen LogP contribution < -0.4 is 5.32 Å². The molecular weight excluding hydrogens is 467 g/mol. The van der Waals surface area contributed by atoms with E-state index >= 15 is 0 Å². The lowest BCUT2D eigenvalue weighted by Crippen LogP contribution is -2.49. The predicted octanol–water partition coefficient (Wildman–Crippen LogP) is 1.98. The highest BCUT2D eigenvalue weighted by atomic mass is 127. The van der Waals surface area contributed by atoms with E-state index in [2.05, 4.69) is 47.2 Å². The van der Waals surface area contributed by atoms with Gasteiger partial charge in [-0.25, -0.2) is 0 Å². The van der Waals surface area contributed by atoms with Crippen LogP contribution in [0.5, 0.6) is 0 Å². The first kappa shape index (κ1) is 23.4. The molecule has 0 amide bonds. The van der Waals surface area contributed by atoms with Gasteiger partial charge in [-0.3, -0.25) is 14.6 Å². The zero-order valence-corrected chi connectivity index (χ0v) is 20.1. The second-order valence-corrected chi connectivity index (χ2v) is 8.03. The fraction of sp³-hybridized carbons (Fsp3) is 0.800. The van der Waals surface area contributed by atoms with Crippen molar-refractivity contribution >= 4 is 29.9 Å². The minimum absolute atomic E-state index is 0. The molecule has 2 saturated heterocycles. The number of guanidine groups is 1. The number of aryl methyl sites for hydroxylation is 1. The highest BCUT2D eigenvalue weighted by Crippen LogP contribution is 2.21. The fourth-order valence-electron chi connectivity index (χ4n) is 4.25. The molecule has 0 saturated carbocycles. The van der Waals surface area contributed by atoms with Crippen molar-refractivity contribution in [2.45, 2.75) is 45.7 Å². The Morgan fingerprint density at radius 1 is 1.43 bits per heavy atom. The van der Waals surface area contributed by atoms with Gasteiger partial charge in [0, 0.05) is 51.5 Å². The molecule has 2 aliphatic rings. The molecule has 1 N–H and O–H groups in total. The van der Waals surface area contributed by atoms with Crippen molar-refractivity contribution in [3.8, 4) is 0 Å². The van der Waals surface area contributed by atoms with Crippen LogP contribution in [-0.2, 0) is 18.2 Å².